The number of aliphatic hydroxyl groups excluding tert-OH is 1. The Morgan fingerprint density at radius 3 is 2.26 bits per heavy atom. The number of esters is 1. The number of aliphatic hydroxyl groups is 1. The quantitative estimate of drug-likeness (QED) is 0.758. The molecule has 0 bridgehead atoms. The van der Waals surface area contributed by atoms with E-state index in [0.717, 1.165) is 43.6 Å². The highest BCUT2D eigenvalue weighted by atomic mass is 16.5. The van der Waals surface area contributed by atoms with Crippen molar-refractivity contribution < 1.29 is 14.6 Å². The molecule has 1 N–H and O–H groups in total. The summed E-state index contributed by atoms with van der Waals surface area (Å²) in [5, 5.41) is 10.4. The van der Waals surface area contributed by atoms with Gasteiger partial charge in [-0.2, -0.15) is 0 Å². The molecule has 1 heterocycles. The van der Waals surface area contributed by atoms with E-state index >= 15 is 0 Å². The highest BCUT2D eigenvalue weighted by Crippen LogP contribution is 2.37. The van der Waals surface area contributed by atoms with E-state index in [9.17, 15) is 9.90 Å². The fourth-order valence-electron chi connectivity index (χ4n) is 3.94. The summed E-state index contributed by atoms with van der Waals surface area (Å²) in [6.07, 6.45) is 1.74. The predicted octanol–water partition coefficient (Wildman–Crippen LogP) is 3.71. The molecule has 1 aliphatic heterocycles. The lowest BCUT2D eigenvalue weighted by Crippen LogP contribution is -2.48. The summed E-state index contributed by atoms with van der Waals surface area (Å²) in [5.41, 5.74) is 1.46. The lowest BCUT2D eigenvalue weighted by Gasteiger charge is -2.40. The van der Waals surface area contributed by atoms with Crippen LogP contribution in [0.1, 0.15) is 43.4 Å². The molecule has 0 amide bonds. The van der Waals surface area contributed by atoms with Crippen molar-refractivity contribution in [2.45, 2.75) is 37.7 Å². The van der Waals surface area contributed by atoms with Gasteiger partial charge >= 0.3 is 5.97 Å². The zero-order chi connectivity index (χ0) is 19.1. The Bertz CT molecular complexity index is 709. The smallest absolute Gasteiger partial charge is 0.316 e. The number of hydrogen-bond donors (Lipinski definition) is 1. The van der Waals surface area contributed by atoms with E-state index in [1.807, 2.05) is 67.6 Å². The molecule has 2 aromatic carbocycles. The molecule has 1 aliphatic rings. The first-order valence-corrected chi connectivity index (χ1v) is 9.84. The van der Waals surface area contributed by atoms with Gasteiger partial charge in [-0.05, 0) is 50.4 Å². The third-order valence-corrected chi connectivity index (χ3v) is 5.61. The van der Waals surface area contributed by atoms with E-state index in [2.05, 4.69) is 4.90 Å². The number of benzene rings is 2. The van der Waals surface area contributed by atoms with Crippen LogP contribution in [-0.2, 0) is 14.9 Å². The van der Waals surface area contributed by atoms with Crippen molar-refractivity contribution in [2.24, 2.45) is 0 Å². The van der Waals surface area contributed by atoms with E-state index in [0.29, 0.717) is 13.0 Å². The number of rotatable bonds is 7. The van der Waals surface area contributed by atoms with Crippen LogP contribution in [0.3, 0.4) is 0 Å². The number of hydrogen-bond acceptors (Lipinski definition) is 4. The first-order valence-electron chi connectivity index (χ1n) is 9.84. The van der Waals surface area contributed by atoms with E-state index < -0.39 is 11.5 Å². The molecule has 4 nitrogen and oxygen atoms in total. The molecule has 0 saturated carbocycles. The van der Waals surface area contributed by atoms with Gasteiger partial charge in [-0.3, -0.25) is 4.79 Å². The van der Waals surface area contributed by atoms with Crippen LogP contribution >= 0.6 is 0 Å². The Labute approximate surface area is 161 Å². The van der Waals surface area contributed by atoms with Crippen LogP contribution in [0.25, 0.3) is 0 Å². The minimum absolute atomic E-state index is 0.111. The van der Waals surface area contributed by atoms with Gasteiger partial charge in [-0.15, -0.1) is 0 Å². The van der Waals surface area contributed by atoms with Crippen molar-refractivity contribution in [1.29, 1.82) is 0 Å². The zero-order valence-electron chi connectivity index (χ0n) is 16.0. The number of likely N-dealkylation sites (tertiary alicyclic amines) is 1. The van der Waals surface area contributed by atoms with E-state index in [1.165, 1.54) is 0 Å². The molecule has 27 heavy (non-hydrogen) atoms. The predicted molar refractivity (Wildman–Crippen MR) is 106 cm³/mol. The summed E-state index contributed by atoms with van der Waals surface area (Å²) in [6.45, 7) is 4.74. The van der Waals surface area contributed by atoms with Gasteiger partial charge in [0.2, 0.25) is 0 Å². The average molecular weight is 367 g/mol. The molecule has 0 aromatic heterocycles. The second kappa shape index (κ2) is 9.16. The molecule has 1 fully saturated rings. The van der Waals surface area contributed by atoms with Crippen LogP contribution in [0.2, 0.25) is 0 Å². The van der Waals surface area contributed by atoms with Crippen LogP contribution in [0, 0.1) is 0 Å². The number of carbonyl (C=O) groups is 1. The lowest BCUT2D eigenvalue weighted by atomic mass is 9.72. The molecule has 3 rings (SSSR count). The van der Waals surface area contributed by atoms with Crippen LogP contribution in [0.4, 0.5) is 0 Å². The first kappa shape index (κ1) is 19.6. The molecule has 0 radical (unpaired) electrons. The zero-order valence-corrected chi connectivity index (χ0v) is 16.0. The Hall–Kier alpha value is -2.17. The first-order chi connectivity index (χ1) is 13.2. The molecular weight excluding hydrogens is 338 g/mol. The molecular formula is C23H29NO3. The third kappa shape index (κ3) is 4.57. The molecule has 0 unspecified atom stereocenters. The molecule has 1 atom stereocenters. The monoisotopic (exact) mass is 367 g/mol. The Kier molecular flexibility index (Phi) is 6.64. The third-order valence-electron chi connectivity index (χ3n) is 5.61. The maximum atomic E-state index is 12.8. The molecule has 1 saturated heterocycles. The molecule has 0 spiro atoms. The maximum absolute atomic E-state index is 12.8. The topological polar surface area (TPSA) is 49.8 Å². The van der Waals surface area contributed by atoms with Crippen molar-refractivity contribution in [3.63, 3.8) is 0 Å². The summed E-state index contributed by atoms with van der Waals surface area (Å²) < 4.78 is 5.43. The Balaban J connectivity index is 1.62. The molecule has 4 heteroatoms. The van der Waals surface area contributed by atoms with Gasteiger partial charge in [-0.1, -0.05) is 60.7 Å². The van der Waals surface area contributed by atoms with Crippen LogP contribution in [0.5, 0.6) is 0 Å². The summed E-state index contributed by atoms with van der Waals surface area (Å²) in [5.74, 6) is -0.111. The fourth-order valence-corrected chi connectivity index (χ4v) is 3.94. The van der Waals surface area contributed by atoms with Gasteiger partial charge in [0.05, 0.1) is 18.1 Å². The normalized spacial score (nSPS) is 18.0. The minimum Gasteiger partial charge on any atom is -0.465 e. The number of carbonyl (C=O) groups excluding carboxylic acids is 1. The molecule has 144 valence electrons. The van der Waals surface area contributed by atoms with E-state index in [4.69, 9.17) is 4.74 Å². The lowest BCUT2D eigenvalue weighted by molar-refractivity contribution is -0.152. The number of nitrogens with zero attached hydrogens (tertiary/aromatic N) is 1. The largest absolute Gasteiger partial charge is 0.465 e. The summed E-state index contributed by atoms with van der Waals surface area (Å²) in [4.78, 5) is 15.1. The van der Waals surface area contributed by atoms with Crippen LogP contribution in [-0.4, -0.2) is 42.2 Å². The fraction of sp³-hybridized carbons (Fsp3) is 0.435. The average Bonchev–Trinajstić information content (AvgIpc) is 2.74. The Morgan fingerprint density at radius 2 is 1.67 bits per heavy atom. The van der Waals surface area contributed by atoms with Crippen molar-refractivity contribution in [3.8, 4) is 0 Å². The van der Waals surface area contributed by atoms with Crippen molar-refractivity contribution in [1.82, 2.24) is 4.90 Å². The van der Waals surface area contributed by atoms with E-state index in [1.54, 1.807) is 0 Å². The molecule has 2 aromatic rings. The minimum atomic E-state index is -0.550. The van der Waals surface area contributed by atoms with Crippen LogP contribution in [0.15, 0.2) is 60.7 Å². The maximum Gasteiger partial charge on any atom is 0.316 e. The van der Waals surface area contributed by atoms with Gasteiger partial charge in [0, 0.05) is 6.54 Å². The van der Waals surface area contributed by atoms with Gasteiger partial charge in [-0.25, -0.2) is 0 Å². The summed E-state index contributed by atoms with van der Waals surface area (Å²) in [6, 6.07) is 19.8. The van der Waals surface area contributed by atoms with Crippen molar-refractivity contribution in [2.75, 3.05) is 26.2 Å². The number of ether oxygens (including phenoxy) is 1. The SMILES string of the molecule is CCOC(=O)C1(c2ccccc2)CCN(CC[C@@H](O)c2ccccc2)CC1. The second-order valence-corrected chi connectivity index (χ2v) is 7.23. The number of piperidine rings is 1. The van der Waals surface area contributed by atoms with Crippen molar-refractivity contribution in [3.05, 3.63) is 71.8 Å². The summed E-state index contributed by atoms with van der Waals surface area (Å²) in [7, 11) is 0. The van der Waals surface area contributed by atoms with Gasteiger partial charge < -0.3 is 14.7 Å². The highest BCUT2D eigenvalue weighted by Gasteiger charge is 2.44. The van der Waals surface area contributed by atoms with Gasteiger partial charge in [0.15, 0.2) is 0 Å². The van der Waals surface area contributed by atoms with Gasteiger partial charge in [0.1, 0.15) is 0 Å². The molecule has 0 aliphatic carbocycles. The second-order valence-electron chi connectivity index (χ2n) is 7.23. The van der Waals surface area contributed by atoms with Gasteiger partial charge in [0.25, 0.3) is 0 Å². The Morgan fingerprint density at radius 1 is 1.07 bits per heavy atom. The highest BCUT2D eigenvalue weighted by molar-refractivity contribution is 5.83. The standard InChI is InChI=1S/C23H29NO3/c1-2-27-22(26)23(20-11-7-4-8-12-20)14-17-24(18-15-23)16-13-21(25)19-9-5-3-6-10-19/h3-12,21,25H,2,13-18H2,1H3/t21-/m1/s1. The van der Waals surface area contributed by atoms with E-state index in [-0.39, 0.29) is 5.97 Å². The van der Waals surface area contributed by atoms with Crippen molar-refractivity contribution >= 4 is 5.97 Å². The summed E-state index contributed by atoms with van der Waals surface area (Å²) >= 11 is 0. The van der Waals surface area contributed by atoms with Crippen LogP contribution < -0.4 is 0 Å².